The topological polar surface area (TPSA) is 38.0 Å². The molecule has 0 aliphatic rings. The summed E-state index contributed by atoms with van der Waals surface area (Å²) in [7, 11) is 0. The predicted octanol–water partition coefficient (Wildman–Crippen LogP) is 2.89. The highest BCUT2D eigenvalue weighted by Crippen LogP contribution is 2.17. The molecular formula is C16H20F2N2O. The number of hydrogen-bond acceptors (Lipinski definition) is 2. The Morgan fingerprint density at radius 3 is 2.43 bits per heavy atom. The van der Waals surface area contributed by atoms with Gasteiger partial charge in [0.05, 0.1) is 11.8 Å². The van der Waals surface area contributed by atoms with Gasteiger partial charge in [-0.3, -0.25) is 4.68 Å². The summed E-state index contributed by atoms with van der Waals surface area (Å²) < 4.78 is 29.0. The summed E-state index contributed by atoms with van der Waals surface area (Å²) in [5.74, 6) is -1.24. The fourth-order valence-corrected chi connectivity index (χ4v) is 2.40. The summed E-state index contributed by atoms with van der Waals surface area (Å²) in [6, 6.07) is 5.66. The first kappa shape index (κ1) is 15.6. The van der Waals surface area contributed by atoms with Gasteiger partial charge >= 0.3 is 0 Å². The number of aliphatic hydroxyl groups is 1. The minimum atomic E-state index is -0.844. The first-order valence-corrected chi connectivity index (χ1v) is 7.21. The third-order valence-corrected chi connectivity index (χ3v) is 3.52. The number of aliphatic hydroxyl groups excluding tert-OH is 1. The van der Waals surface area contributed by atoms with E-state index in [1.54, 1.807) is 0 Å². The Balaban J connectivity index is 2.11. The maximum absolute atomic E-state index is 13.6. The molecule has 0 amide bonds. The van der Waals surface area contributed by atoms with E-state index in [1.807, 2.05) is 24.6 Å². The molecule has 3 nitrogen and oxygen atoms in total. The summed E-state index contributed by atoms with van der Waals surface area (Å²) in [5.41, 5.74) is 1.78. The van der Waals surface area contributed by atoms with E-state index in [4.69, 9.17) is 0 Å². The molecule has 1 aromatic carbocycles. The van der Waals surface area contributed by atoms with E-state index in [9.17, 15) is 13.9 Å². The van der Waals surface area contributed by atoms with Crippen LogP contribution in [0.15, 0.2) is 24.3 Å². The molecule has 0 saturated carbocycles. The lowest BCUT2D eigenvalue weighted by Gasteiger charge is -2.12. The molecule has 2 aromatic rings. The average molecular weight is 294 g/mol. The lowest BCUT2D eigenvalue weighted by Crippen LogP contribution is -2.18. The average Bonchev–Trinajstić information content (AvgIpc) is 2.85. The van der Waals surface area contributed by atoms with Crippen molar-refractivity contribution in [2.75, 3.05) is 0 Å². The first-order valence-electron chi connectivity index (χ1n) is 7.21. The van der Waals surface area contributed by atoms with Crippen LogP contribution in [0.5, 0.6) is 0 Å². The Kier molecular flexibility index (Phi) is 5.07. The molecule has 1 N–H and O–H groups in total. The van der Waals surface area contributed by atoms with Gasteiger partial charge in [-0.25, -0.2) is 8.78 Å². The van der Waals surface area contributed by atoms with Crippen LogP contribution in [0.25, 0.3) is 0 Å². The molecule has 0 fully saturated rings. The number of halogens is 2. The Morgan fingerprint density at radius 2 is 1.86 bits per heavy atom. The summed E-state index contributed by atoms with van der Waals surface area (Å²) in [4.78, 5) is 0. The SMILES string of the molecule is CCc1cc(CC(O)Cc2c(F)cccc2F)n(CC)n1. The van der Waals surface area contributed by atoms with Gasteiger partial charge in [-0.15, -0.1) is 0 Å². The maximum Gasteiger partial charge on any atom is 0.129 e. The molecule has 2 rings (SSSR count). The second kappa shape index (κ2) is 6.80. The lowest BCUT2D eigenvalue weighted by molar-refractivity contribution is 0.170. The van der Waals surface area contributed by atoms with Crippen molar-refractivity contribution in [2.45, 2.75) is 45.8 Å². The second-order valence-electron chi connectivity index (χ2n) is 5.06. The number of aryl methyl sites for hydroxylation is 2. The monoisotopic (exact) mass is 294 g/mol. The zero-order valence-corrected chi connectivity index (χ0v) is 12.3. The Labute approximate surface area is 123 Å². The van der Waals surface area contributed by atoms with E-state index in [0.29, 0.717) is 13.0 Å². The van der Waals surface area contributed by atoms with Gasteiger partial charge in [0, 0.05) is 30.6 Å². The molecule has 114 valence electrons. The summed E-state index contributed by atoms with van der Waals surface area (Å²) in [6.45, 7) is 4.69. The van der Waals surface area contributed by atoms with Crippen molar-refractivity contribution in [3.63, 3.8) is 0 Å². The molecule has 0 bridgehead atoms. The molecule has 1 heterocycles. The summed E-state index contributed by atoms with van der Waals surface area (Å²) in [6.07, 6.45) is 0.254. The van der Waals surface area contributed by atoms with Gasteiger partial charge in [0.1, 0.15) is 11.6 Å². The molecule has 0 saturated heterocycles. The Morgan fingerprint density at radius 1 is 1.19 bits per heavy atom. The van der Waals surface area contributed by atoms with Gasteiger partial charge < -0.3 is 5.11 Å². The summed E-state index contributed by atoms with van der Waals surface area (Å²) >= 11 is 0. The largest absolute Gasteiger partial charge is 0.392 e. The molecule has 0 radical (unpaired) electrons. The van der Waals surface area contributed by atoms with Crippen molar-refractivity contribution >= 4 is 0 Å². The Hall–Kier alpha value is -1.75. The second-order valence-corrected chi connectivity index (χ2v) is 5.06. The van der Waals surface area contributed by atoms with Crippen molar-refractivity contribution in [3.8, 4) is 0 Å². The van der Waals surface area contributed by atoms with Crippen LogP contribution >= 0.6 is 0 Å². The maximum atomic E-state index is 13.6. The third-order valence-electron chi connectivity index (χ3n) is 3.52. The minimum Gasteiger partial charge on any atom is -0.392 e. The molecule has 1 aromatic heterocycles. The molecular weight excluding hydrogens is 274 g/mol. The zero-order valence-electron chi connectivity index (χ0n) is 12.3. The number of rotatable bonds is 6. The normalized spacial score (nSPS) is 12.6. The smallest absolute Gasteiger partial charge is 0.129 e. The standard InChI is InChI=1S/C16H20F2N2O/c1-3-11-8-12(20(4-2)19-11)9-13(21)10-14-15(17)6-5-7-16(14)18/h5-8,13,21H,3-4,9-10H2,1-2H3. The fraction of sp³-hybridized carbons (Fsp3) is 0.438. The van der Waals surface area contributed by atoms with Crippen molar-refractivity contribution in [1.29, 1.82) is 0 Å². The van der Waals surface area contributed by atoms with Crippen LogP contribution in [0.2, 0.25) is 0 Å². The summed E-state index contributed by atoms with van der Waals surface area (Å²) in [5, 5.41) is 14.5. The highest BCUT2D eigenvalue weighted by Gasteiger charge is 2.16. The fourth-order valence-electron chi connectivity index (χ4n) is 2.40. The zero-order chi connectivity index (χ0) is 15.4. The van der Waals surface area contributed by atoms with Crippen molar-refractivity contribution in [1.82, 2.24) is 9.78 Å². The van der Waals surface area contributed by atoms with E-state index in [1.165, 1.54) is 18.2 Å². The van der Waals surface area contributed by atoms with Gasteiger partial charge in [0.2, 0.25) is 0 Å². The van der Waals surface area contributed by atoms with E-state index < -0.39 is 17.7 Å². The van der Waals surface area contributed by atoms with Crippen LogP contribution in [0.1, 0.15) is 30.8 Å². The number of hydrogen-bond donors (Lipinski definition) is 1. The predicted molar refractivity (Wildman–Crippen MR) is 77.1 cm³/mol. The number of benzene rings is 1. The van der Waals surface area contributed by atoms with Gasteiger partial charge in [0.15, 0.2) is 0 Å². The van der Waals surface area contributed by atoms with Crippen LogP contribution < -0.4 is 0 Å². The third kappa shape index (κ3) is 3.67. The van der Waals surface area contributed by atoms with Crippen LogP contribution in [0.4, 0.5) is 8.78 Å². The minimum absolute atomic E-state index is 0.0468. The molecule has 0 aliphatic heterocycles. The van der Waals surface area contributed by atoms with Crippen molar-refractivity contribution in [3.05, 3.63) is 52.9 Å². The number of aromatic nitrogens is 2. The van der Waals surface area contributed by atoms with Crippen LogP contribution in [-0.4, -0.2) is 21.0 Å². The van der Waals surface area contributed by atoms with Crippen molar-refractivity contribution in [2.24, 2.45) is 0 Å². The molecule has 1 unspecified atom stereocenters. The van der Waals surface area contributed by atoms with E-state index >= 15 is 0 Å². The molecule has 0 aliphatic carbocycles. The van der Waals surface area contributed by atoms with E-state index in [-0.39, 0.29) is 12.0 Å². The molecule has 5 heteroatoms. The van der Waals surface area contributed by atoms with Gasteiger partial charge in [-0.2, -0.15) is 5.10 Å². The first-order chi connectivity index (χ1) is 10.0. The highest BCUT2D eigenvalue weighted by atomic mass is 19.1. The van der Waals surface area contributed by atoms with Crippen LogP contribution in [0.3, 0.4) is 0 Å². The lowest BCUT2D eigenvalue weighted by atomic mass is 10.0. The van der Waals surface area contributed by atoms with Crippen molar-refractivity contribution < 1.29 is 13.9 Å². The van der Waals surface area contributed by atoms with Gasteiger partial charge in [-0.1, -0.05) is 13.0 Å². The van der Waals surface area contributed by atoms with E-state index in [2.05, 4.69) is 5.10 Å². The molecule has 0 spiro atoms. The highest BCUT2D eigenvalue weighted by molar-refractivity contribution is 5.21. The molecule has 1 atom stereocenters. The van der Waals surface area contributed by atoms with Gasteiger partial charge in [0.25, 0.3) is 0 Å². The number of nitrogens with zero attached hydrogens (tertiary/aromatic N) is 2. The Bertz CT molecular complexity index is 590. The van der Waals surface area contributed by atoms with Crippen LogP contribution in [-0.2, 0) is 25.8 Å². The molecule has 21 heavy (non-hydrogen) atoms. The van der Waals surface area contributed by atoms with E-state index in [0.717, 1.165) is 17.8 Å². The quantitative estimate of drug-likeness (QED) is 0.889. The van der Waals surface area contributed by atoms with Gasteiger partial charge in [-0.05, 0) is 31.5 Å². The van der Waals surface area contributed by atoms with Crippen LogP contribution in [0, 0.1) is 11.6 Å².